The fourth-order valence-electron chi connectivity index (χ4n) is 1.95. The van der Waals surface area contributed by atoms with Gasteiger partial charge in [-0.25, -0.2) is 13.1 Å². The van der Waals surface area contributed by atoms with Gasteiger partial charge in [-0.2, -0.15) is 0 Å². The van der Waals surface area contributed by atoms with Crippen molar-refractivity contribution < 1.29 is 17.9 Å². The van der Waals surface area contributed by atoms with Crippen LogP contribution in [-0.4, -0.2) is 33.5 Å². The lowest BCUT2D eigenvalue weighted by Gasteiger charge is -2.12. The Morgan fingerprint density at radius 2 is 2.04 bits per heavy atom. The van der Waals surface area contributed by atoms with Crippen LogP contribution in [-0.2, 0) is 14.8 Å². The molecule has 1 aliphatic rings. The predicted octanol–water partition coefficient (Wildman–Crippen LogP) is 1.59. The molecule has 1 amide bonds. The number of amides is 1. The first kappa shape index (κ1) is 17.7. The Bertz CT molecular complexity index is 667. The zero-order valence-corrected chi connectivity index (χ0v) is 14.6. The third kappa shape index (κ3) is 5.51. The zero-order valence-electron chi connectivity index (χ0n) is 13.8. The van der Waals surface area contributed by atoms with Crippen molar-refractivity contribution >= 4 is 15.9 Å². The third-order valence-electron chi connectivity index (χ3n) is 3.44. The molecular formula is C16H24N2O4S. The average molecular weight is 340 g/mol. The van der Waals surface area contributed by atoms with Gasteiger partial charge in [-0.3, -0.25) is 4.79 Å². The predicted molar refractivity (Wildman–Crippen MR) is 87.9 cm³/mol. The topological polar surface area (TPSA) is 84.5 Å². The number of hydrogen-bond acceptors (Lipinski definition) is 4. The van der Waals surface area contributed by atoms with E-state index in [9.17, 15) is 13.2 Å². The maximum absolute atomic E-state index is 12.2. The molecule has 0 unspecified atom stereocenters. The van der Waals surface area contributed by atoms with Crippen LogP contribution in [0.15, 0.2) is 23.1 Å². The van der Waals surface area contributed by atoms with Crippen LogP contribution in [0.3, 0.4) is 0 Å². The third-order valence-corrected chi connectivity index (χ3v) is 4.86. The van der Waals surface area contributed by atoms with E-state index >= 15 is 0 Å². The molecule has 0 saturated heterocycles. The van der Waals surface area contributed by atoms with Gasteiger partial charge in [0.2, 0.25) is 10.0 Å². The first-order valence-corrected chi connectivity index (χ1v) is 9.28. The molecule has 6 nitrogen and oxygen atoms in total. The Morgan fingerprint density at radius 3 is 2.61 bits per heavy atom. The van der Waals surface area contributed by atoms with E-state index in [0.717, 1.165) is 12.8 Å². The molecule has 0 heterocycles. The molecule has 0 aliphatic heterocycles. The van der Waals surface area contributed by atoms with Gasteiger partial charge in [0.15, 0.2) is 6.61 Å². The van der Waals surface area contributed by atoms with Gasteiger partial charge in [-0.15, -0.1) is 0 Å². The van der Waals surface area contributed by atoms with Gasteiger partial charge >= 0.3 is 0 Å². The summed E-state index contributed by atoms with van der Waals surface area (Å²) in [5, 5.41) is 2.84. The molecule has 1 aliphatic carbocycles. The van der Waals surface area contributed by atoms with E-state index in [0.29, 0.717) is 23.9 Å². The van der Waals surface area contributed by atoms with Crippen LogP contribution < -0.4 is 14.8 Å². The number of aryl methyl sites for hydroxylation is 1. The van der Waals surface area contributed by atoms with Gasteiger partial charge in [-0.05, 0) is 49.4 Å². The summed E-state index contributed by atoms with van der Waals surface area (Å²) in [6, 6.07) is 4.93. The molecule has 7 heteroatoms. The molecule has 23 heavy (non-hydrogen) atoms. The minimum Gasteiger partial charge on any atom is -0.484 e. The Labute approximate surface area is 137 Å². The minimum absolute atomic E-state index is 0.0605. The summed E-state index contributed by atoms with van der Waals surface area (Å²) in [4.78, 5) is 11.8. The summed E-state index contributed by atoms with van der Waals surface area (Å²) in [7, 11) is -3.52. The van der Waals surface area contributed by atoms with Gasteiger partial charge in [0.1, 0.15) is 5.75 Å². The molecule has 0 radical (unpaired) electrons. The Balaban J connectivity index is 1.97. The van der Waals surface area contributed by atoms with Gasteiger partial charge in [-0.1, -0.05) is 13.8 Å². The van der Waals surface area contributed by atoms with Crippen molar-refractivity contribution in [2.24, 2.45) is 5.92 Å². The number of hydrogen-bond donors (Lipinski definition) is 2. The largest absolute Gasteiger partial charge is 0.484 e. The number of sulfonamides is 1. The van der Waals surface area contributed by atoms with Crippen LogP contribution in [0.5, 0.6) is 5.75 Å². The number of ether oxygens (including phenoxy) is 1. The summed E-state index contributed by atoms with van der Waals surface area (Å²) < 4.78 is 32.4. The summed E-state index contributed by atoms with van der Waals surface area (Å²) in [6.07, 6.45) is 2.06. The molecule has 128 valence electrons. The lowest BCUT2D eigenvalue weighted by molar-refractivity contribution is -0.123. The number of carbonyl (C=O) groups excluding carboxylic acids is 1. The average Bonchev–Trinajstić information content (AvgIpc) is 3.27. The van der Waals surface area contributed by atoms with Gasteiger partial charge in [0, 0.05) is 12.6 Å². The lowest BCUT2D eigenvalue weighted by atomic mass is 10.2. The van der Waals surface area contributed by atoms with E-state index in [1.165, 1.54) is 6.07 Å². The zero-order chi connectivity index (χ0) is 17.0. The van der Waals surface area contributed by atoms with Crippen LogP contribution in [0.4, 0.5) is 0 Å². The van der Waals surface area contributed by atoms with Crippen molar-refractivity contribution in [1.82, 2.24) is 10.0 Å². The molecule has 0 aromatic heterocycles. The maximum atomic E-state index is 12.2. The molecule has 2 N–H and O–H groups in total. The summed E-state index contributed by atoms with van der Waals surface area (Å²) in [5.41, 5.74) is 0.677. The number of rotatable bonds is 8. The fraction of sp³-hybridized carbons (Fsp3) is 0.562. The summed E-state index contributed by atoms with van der Waals surface area (Å²) in [5.74, 6) is 0.597. The van der Waals surface area contributed by atoms with E-state index in [-0.39, 0.29) is 23.3 Å². The quantitative estimate of drug-likeness (QED) is 0.752. The van der Waals surface area contributed by atoms with Crippen LogP contribution in [0.2, 0.25) is 0 Å². The van der Waals surface area contributed by atoms with Gasteiger partial charge in [0.05, 0.1) is 4.90 Å². The Hall–Kier alpha value is -1.60. The number of nitrogens with one attached hydrogen (secondary N) is 2. The maximum Gasteiger partial charge on any atom is 0.258 e. The van der Waals surface area contributed by atoms with Crippen LogP contribution in [0, 0.1) is 12.8 Å². The summed E-state index contributed by atoms with van der Waals surface area (Å²) >= 11 is 0. The second-order valence-corrected chi connectivity index (χ2v) is 8.07. The van der Waals surface area contributed by atoms with Crippen LogP contribution >= 0.6 is 0 Å². The highest BCUT2D eigenvalue weighted by Crippen LogP contribution is 2.22. The van der Waals surface area contributed by atoms with E-state index in [2.05, 4.69) is 10.0 Å². The smallest absolute Gasteiger partial charge is 0.258 e. The molecule has 0 atom stereocenters. The molecule has 2 rings (SSSR count). The van der Waals surface area contributed by atoms with E-state index in [4.69, 9.17) is 4.74 Å². The van der Waals surface area contributed by atoms with Crippen molar-refractivity contribution in [3.63, 3.8) is 0 Å². The molecular weight excluding hydrogens is 316 g/mol. The van der Waals surface area contributed by atoms with Crippen molar-refractivity contribution in [2.75, 3.05) is 13.2 Å². The summed E-state index contributed by atoms with van der Waals surface area (Å²) in [6.45, 7) is 5.97. The SMILES string of the molecule is Cc1cc(S(=O)(=O)NCC(C)C)ccc1OCC(=O)NC1CC1. The highest BCUT2D eigenvalue weighted by Gasteiger charge is 2.23. The molecule has 1 aromatic rings. The van der Waals surface area contributed by atoms with Gasteiger partial charge < -0.3 is 10.1 Å². The normalized spacial score (nSPS) is 14.8. The second-order valence-electron chi connectivity index (χ2n) is 6.30. The second kappa shape index (κ2) is 7.31. The van der Waals surface area contributed by atoms with Gasteiger partial charge in [0.25, 0.3) is 5.91 Å². The number of carbonyl (C=O) groups is 1. The van der Waals surface area contributed by atoms with E-state index in [1.54, 1.807) is 19.1 Å². The van der Waals surface area contributed by atoms with Crippen molar-refractivity contribution in [2.45, 2.75) is 44.6 Å². The fourth-order valence-corrected chi connectivity index (χ4v) is 3.25. The van der Waals surface area contributed by atoms with Crippen molar-refractivity contribution in [3.05, 3.63) is 23.8 Å². The monoisotopic (exact) mass is 340 g/mol. The molecule has 1 fully saturated rings. The first-order valence-electron chi connectivity index (χ1n) is 7.80. The van der Waals surface area contributed by atoms with Crippen molar-refractivity contribution in [3.8, 4) is 5.75 Å². The van der Waals surface area contributed by atoms with Crippen LogP contribution in [0.25, 0.3) is 0 Å². The Kier molecular flexibility index (Phi) is 5.64. The highest BCUT2D eigenvalue weighted by molar-refractivity contribution is 7.89. The molecule has 1 aromatic carbocycles. The molecule has 0 bridgehead atoms. The standard InChI is InChI=1S/C16H24N2O4S/c1-11(2)9-17-23(20,21)14-6-7-15(12(3)8-14)22-10-16(19)18-13-4-5-13/h6-8,11,13,17H,4-5,9-10H2,1-3H3,(H,18,19). The van der Waals surface area contributed by atoms with E-state index in [1.807, 2.05) is 13.8 Å². The van der Waals surface area contributed by atoms with Crippen molar-refractivity contribution in [1.29, 1.82) is 0 Å². The lowest BCUT2D eigenvalue weighted by Crippen LogP contribution is -2.30. The highest BCUT2D eigenvalue weighted by atomic mass is 32.2. The first-order chi connectivity index (χ1) is 10.8. The Morgan fingerprint density at radius 1 is 1.35 bits per heavy atom. The molecule has 0 spiro atoms. The number of benzene rings is 1. The minimum atomic E-state index is -3.52. The van der Waals surface area contributed by atoms with Crippen LogP contribution in [0.1, 0.15) is 32.3 Å². The molecule has 1 saturated carbocycles. The van der Waals surface area contributed by atoms with E-state index < -0.39 is 10.0 Å².